The Bertz CT molecular complexity index is 664. The van der Waals surface area contributed by atoms with Gasteiger partial charge in [-0.1, -0.05) is 30.3 Å². The van der Waals surface area contributed by atoms with Gasteiger partial charge in [0.05, 0.1) is 12.6 Å². The fraction of sp³-hybridized carbons (Fsp3) is 0.350. The van der Waals surface area contributed by atoms with E-state index in [9.17, 15) is 14.3 Å². The summed E-state index contributed by atoms with van der Waals surface area (Å²) < 4.78 is 13.0. The molecule has 1 fully saturated rings. The van der Waals surface area contributed by atoms with Gasteiger partial charge >= 0.3 is 0 Å². The first-order valence-corrected chi connectivity index (χ1v) is 8.38. The van der Waals surface area contributed by atoms with Crippen LogP contribution in [0.3, 0.4) is 0 Å². The molecule has 0 bridgehead atoms. The molecular formula is C20H22FNO2. The minimum atomic E-state index is -0.324. The fourth-order valence-corrected chi connectivity index (χ4v) is 3.43. The van der Waals surface area contributed by atoms with Gasteiger partial charge in [0, 0.05) is 11.5 Å². The largest absolute Gasteiger partial charge is 0.394 e. The van der Waals surface area contributed by atoms with Gasteiger partial charge in [-0.25, -0.2) is 4.39 Å². The summed E-state index contributed by atoms with van der Waals surface area (Å²) in [4.78, 5) is 14.8. The van der Waals surface area contributed by atoms with Gasteiger partial charge in [-0.15, -0.1) is 0 Å². The lowest BCUT2D eigenvalue weighted by Gasteiger charge is -2.36. The van der Waals surface area contributed by atoms with Crippen molar-refractivity contribution >= 4 is 5.78 Å². The predicted molar refractivity (Wildman–Crippen MR) is 91.3 cm³/mol. The first kappa shape index (κ1) is 16.8. The van der Waals surface area contributed by atoms with E-state index >= 15 is 0 Å². The average Bonchev–Trinajstić information content (AvgIpc) is 2.64. The molecule has 1 unspecified atom stereocenters. The number of nitrogens with zero attached hydrogens (tertiary/aromatic N) is 1. The van der Waals surface area contributed by atoms with Crippen molar-refractivity contribution in [3.05, 3.63) is 71.5 Å². The molecule has 3 rings (SSSR count). The second-order valence-electron chi connectivity index (χ2n) is 6.29. The van der Waals surface area contributed by atoms with Crippen molar-refractivity contribution in [2.75, 3.05) is 19.7 Å². The number of piperidine rings is 1. The SMILES string of the molecule is O=C(c1ccc(F)cc1)C1CCN(C(CO)c2ccccc2)CC1. The molecular weight excluding hydrogens is 305 g/mol. The molecule has 0 amide bonds. The van der Waals surface area contributed by atoms with Gasteiger partial charge in [0.25, 0.3) is 0 Å². The second-order valence-corrected chi connectivity index (χ2v) is 6.29. The van der Waals surface area contributed by atoms with Crippen LogP contribution in [0.25, 0.3) is 0 Å². The standard InChI is InChI=1S/C20H22FNO2/c21-18-8-6-16(7-9-18)20(24)17-10-12-22(13-11-17)19(14-23)15-4-2-1-3-5-15/h1-9,17,19,23H,10-14H2. The number of halogens is 1. The molecule has 2 aromatic carbocycles. The molecule has 1 atom stereocenters. The number of benzene rings is 2. The molecule has 1 aliphatic heterocycles. The smallest absolute Gasteiger partial charge is 0.166 e. The lowest BCUT2D eigenvalue weighted by molar-refractivity contribution is 0.0690. The van der Waals surface area contributed by atoms with Gasteiger partial charge in [-0.3, -0.25) is 9.69 Å². The lowest BCUT2D eigenvalue weighted by atomic mass is 9.88. The van der Waals surface area contributed by atoms with E-state index in [1.54, 1.807) is 12.1 Å². The van der Waals surface area contributed by atoms with Crippen LogP contribution in [0.4, 0.5) is 4.39 Å². The highest BCUT2D eigenvalue weighted by molar-refractivity contribution is 5.97. The van der Waals surface area contributed by atoms with Crippen LogP contribution in [0, 0.1) is 11.7 Å². The molecule has 1 aliphatic rings. The highest BCUT2D eigenvalue weighted by atomic mass is 19.1. The summed E-state index contributed by atoms with van der Waals surface area (Å²) in [5, 5.41) is 9.77. The van der Waals surface area contributed by atoms with Gasteiger partial charge in [0.1, 0.15) is 5.82 Å². The first-order chi connectivity index (χ1) is 11.7. The lowest BCUT2D eigenvalue weighted by Crippen LogP contribution is -2.40. The first-order valence-electron chi connectivity index (χ1n) is 8.38. The van der Waals surface area contributed by atoms with E-state index < -0.39 is 0 Å². The Balaban J connectivity index is 1.62. The van der Waals surface area contributed by atoms with Gasteiger partial charge in [-0.2, -0.15) is 0 Å². The summed E-state index contributed by atoms with van der Waals surface area (Å²) in [6.07, 6.45) is 1.53. The van der Waals surface area contributed by atoms with Gasteiger partial charge < -0.3 is 5.11 Å². The predicted octanol–water partition coefficient (Wildman–Crippen LogP) is 3.45. The van der Waals surface area contributed by atoms with Crippen molar-refractivity contribution in [3.8, 4) is 0 Å². The molecule has 1 N–H and O–H groups in total. The Kier molecular flexibility index (Phi) is 5.38. The summed E-state index contributed by atoms with van der Waals surface area (Å²) in [6.45, 7) is 1.62. The number of carbonyl (C=O) groups is 1. The van der Waals surface area contributed by atoms with Crippen LogP contribution in [0.1, 0.15) is 34.8 Å². The molecule has 0 radical (unpaired) electrons. The van der Waals surface area contributed by atoms with Crippen LogP contribution < -0.4 is 0 Å². The van der Waals surface area contributed by atoms with E-state index in [4.69, 9.17) is 0 Å². The molecule has 2 aromatic rings. The Morgan fingerprint density at radius 3 is 2.29 bits per heavy atom. The third kappa shape index (κ3) is 3.71. The number of likely N-dealkylation sites (tertiary alicyclic amines) is 1. The summed E-state index contributed by atoms with van der Waals surface area (Å²) in [5.41, 5.74) is 1.68. The maximum Gasteiger partial charge on any atom is 0.166 e. The average molecular weight is 327 g/mol. The zero-order valence-corrected chi connectivity index (χ0v) is 13.6. The van der Waals surface area contributed by atoms with Gasteiger partial charge in [-0.05, 0) is 55.8 Å². The number of ketones is 1. The molecule has 1 heterocycles. The van der Waals surface area contributed by atoms with Gasteiger partial charge in [0.15, 0.2) is 5.78 Å². The molecule has 0 spiro atoms. The quantitative estimate of drug-likeness (QED) is 0.855. The molecule has 24 heavy (non-hydrogen) atoms. The highest BCUT2D eigenvalue weighted by Gasteiger charge is 2.29. The topological polar surface area (TPSA) is 40.5 Å². The number of Topliss-reactive ketones (excluding diaryl/α,β-unsaturated/α-hetero) is 1. The molecule has 0 aromatic heterocycles. The minimum Gasteiger partial charge on any atom is -0.394 e. The fourth-order valence-electron chi connectivity index (χ4n) is 3.43. The van der Waals surface area contributed by atoms with E-state index in [1.165, 1.54) is 12.1 Å². The number of rotatable bonds is 5. The Hall–Kier alpha value is -2.04. The van der Waals surface area contributed by atoms with E-state index in [0.717, 1.165) is 31.5 Å². The third-order valence-electron chi connectivity index (χ3n) is 4.83. The zero-order valence-electron chi connectivity index (χ0n) is 13.6. The molecule has 4 heteroatoms. The number of carbonyl (C=O) groups excluding carboxylic acids is 1. The molecule has 126 valence electrons. The van der Waals surface area contributed by atoms with Crippen LogP contribution in [0.15, 0.2) is 54.6 Å². The monoisotopic (exact) mass is 327 g/mol. The van der Waals surface area contributed by atoms with E-state index in [-0.39, 0.29) is 30.2 Å². The van der Waals surface area contributed by atoms with Crippen molar-refractivity contribution in [2.24, 2.45) is 5.92 Å². The zero-order chi connectivity index (χ0) is 16.9. The van der Waals surface area contributed by atoms with Crippen molar-refractivity contribution in [2.45, 2.75) is 18.9 Å². The van der Waals surface area contributed by atoms with Crippen LogP contribution in [0.5, 0.6) is 0 Å². The van der Waals surface area contributed by atoms with Crippen molar-refractivity contribution in [1.82, 2.24) is 4.90 Å². The van der Waals surface area contributed by atoms with E-state index in [1.807, 2.05) is 30.3 Å². The maximum atomic E-state index is 13.0. The number of aliphatic hydroxyl groups is 1. The number of hydrogen-bond donors (Lipinski definition) is 1. The minimum absolute atomic E-state index is 0.0203. The molecule has 0 aliphatic carbocycles. The van der Waals surface area contributed by atoms with Crippen molar-refractivity contribution in [3.63, 3.8) is 0 Å². The summed E-state index contributed by atoms with van der Waals surface area (Å²) in [6, 6.07) is 15.7. The Labute approximate surface area is 141 Å². The highest BCUT2D eigenvalue weighted by Crippen LogP contribution is 2.28. The van der Waals surface area contributed by atoms with Crippen LogP contribution >= 0.6 is 0 Å². The number of hydrogen-bond acceptors (Lipinski definition) is 3. The third-order valence-corrected chi connectivity index (χ3v) is 4.83. The maximum absolute atomic E-state index is 13.0. The van der Waals surface area contributed by atoms with Gasteiger partial charge in [0.2, 0.25) is 0 Å². The van der Waals surface area contributed by atoms with E-state index in [2.05, 4.69) is 4.90 Å². The summed E-state index contributed by atoms with van der Waals surface area (Å²) in [7, 11) is 0. The van der Waals surface area contributed by atoms with Crippen LogP contribution in [-0.2, 0) is 0 Å². The Morgan fingerprint density at radius 2 is 1.71 bits per heavy atom. The van der Waals surface area contributed by atoms with Crippen LogP contribution in [0.2, 0.25) is 0 Å². The van der Waals surface area contributed by atoms with E-state index in [0.29, 0.717) is 5.56 Å². The number of aliphatic hydroxyl groups excluding tert-OH is 1. The normalized spacial score (nSPS) is 17.6. The molecule has 0 saturated carbocycles. The van der Waals surface area contributed by atoms with Crippen molar-refractivity contribution < 1.29 is 14.3 Å². The van der Waals surface area contributed by atoms with Crippen LogP contribution in [-0.4, -0.2) is 35.5 Å². The summed E-state index contributed by atoms with van der Waals surface area (Å²) in [5.74, 6) is -0.258. The summed E-state index contributed by atoms with van der Waals surface area (Å²) >= 11 is 0. The van der Waals surface area contributed by atoms with Crippen molar-refractivity contribution in [1.29, 1.82) is 0 Å². The molecule has 3 nitrogen and oxygen atoms in total. The second kappa shape index (κ2) is 7.69. The Morgan fingerprint density at radius 1 is 1.08 bits per heavy atom. The molecule has 1 saturated heterocycles.